The van der Waals surface area contributed by atoms with Gasteiger partial charge in [0.2, 0.25) is 0 Å². The number of hydrogen-bond donors (Lipinski definition) is 1. The highest BCUT2D eigenvalue weighted by Crippen LogP contribution is 2.17. The molecule has 0 aliphatic carbocycles. The maximum Gasteiger partial charge on any atom is 0.514 e. The summed E-state index contributed by atoms with van der Waals surface area (Å²) in [7, 11) is 0. The fourth-order valence-electron chi connectivity index (χ4n) is 2.58. The van der Waals surface area contributed by atoms with Gasteiger partial charge in [-0.05, 0) is 75.6 Å². The lowest BCUT2D eigenvalue weighted by Crippen LogP contribution is -2.26. The van der Waals surface area contributed by atoms with Crippen molar-refractivity contribution in [2.24, 2.45) is 0 Å². The summed E-state index contributed by atoms with van der Waals surface area (Å²) >= 11 is 0. The van der Waals surface area contributed by atoms with Crippen molar-refractivity contribution in [3.63, 3.8) is 0 Å². The molecule has 0 aromatic heterocycles. The van der Waals surface area contributed by atoms with Gasteiger partial charge < -0.3 is 14.8 Å². The molecule has 0 saturated heterocycles. The van der Waals surface area contributed by atoms with E-state index in [0.717, 1.165) is 12.1 Å². The molecule has 2 aromatic rings. The first kappa shape index (κ1) is 21.5. The number of hydrogen-bond acceptors (Lipinski definition) is 4. The van der Waals surface area contributed by atoms with Gasteiger partial charge in [-0.2, -0.15) is 0 Å². The topological polar surface area (TPSA) is 64.6 Å². The van der Waals surface area contributed by atoms with E-state index in [1.165, 1.54) is 24.8 Å². The zero-order valence-corrected chi connectivity index (χ0v) is 17.1. The van der Waals surface area contributed by atoms with Crippen LogP contribution >= 0.6 is 0 Å². The molecule has 0 atom stereocenters. The summed E-state index contributed by atoms with van der Waals surface area (Å²) in [5, 5.41) is 2.87. The summed E-state index contributed by atoms with van der Waals surface area (Å²) in [4.78, 5) is 24.1. The molecule has 0 aliphatic heterocycles. The first-order valence-corrected chi connectivity index (χ1v) is 9.68. The second-order valence-electron chi connectivity index (χ2n) is 7.70. The van der Waals surface area contributed by atoms with E-state index in [0.29, 0.717) is 11.3 Å². The summed E-state index contributed by atoms with van der Waals surface area (Å²) < 4.78 is 10.2. The summed E-state index contributed by atoms with van der Waals surface area (Å²) in [6, 6.07) is 14.3. The smallest absolute Gasteiger partial charge is 0.428 e. The van der Waals surface area contributed by atoms with Gasteiger partial charge in [-0.1, -0.05) is 31.9 Å². The number of ether oxygens (including phenoxy) is 2. The summed E-state index contributed by atoms with van der Waals surface area (Å²) in [6.07, 6.45) is 3.90. The van der Waals surface area contributed by atoms with Gasteiger partial charge in [-0.25, -0.2) is 4.79 Å². The Labute approximate surface area is 167 Å². The highest BCUT2D eigenvalue weighted by Gasteiger charge is 2.18. The molecule has 0 saturated carbocycles. The molecule has 150 valence electrons. The van der Waals surface area contributed by atoms with Gasteiger partial charge in [-0.3, -0.25) is 4.79 Å². The largest absolute Gasteiger partial charge is 0.514 e. The van der Waals surface area contributed by atoms with E-state index in [9.17, 15) is 9.59 Å². The van der Waals surface area contributed by atoms with Gasteiger partial charge in [-0.15, -0.1) is 0 Å². The predicted molar refractivity (Wildman–Crippen MR) is 111 cm³/mol. The van der Waals surface area contributed by atoms with Crippen LogP contribution in [0.3, 0.4) is 0 Å². The minimum absolute atomic E-state index is 0.220. The van der Waals surface area contributed by atoms with Crippen LogP contribution in [0.4, 0.5) is 10.5 Å². The maximum absolute atomic E-state index is 12.4. The molecule has 0 bridgehead atoms. The molecular formula is C23H29NO4. The van der Waals surface area contributed by atoms with Crippen LogP contribution in [0.25, 0.3) is 0 Å². The van der Waals surface area contributed by atoms with Crippen LogP contribution in [0.15, 0.2) is 48.5 Å². The van der Waals surface area contributed by atoms with Crippen molar-refractivity contribution in [2.75, 3.05) is 5.32 Å². The zero-order valence-electron chi connectivity index (χ0n) is 17.1. The van der Waals surface area contributed by atoms with Crippen LogP contribution in [0.5, 0.6) is 5.75 Å². The first-order valence-electron chi connectivity index (χ1n) is 9.68. The summed E-state index contributed by atoms with van der Waals surface area (Å²) in [5.41, 5.74) is 1.87. The van der Waals surface area contributed by atoms with Crippen molar-refractivity contribution in [1.29, 1.82) is 0 Å². The molecule has 0 heterocycles. The van der Waals surface area contributed by atoms with E-state index < -0.39 is 11.8 Å². The third-order valence-corrected chi connectivity index (χ3v) is 3.99. The van der Waals surface area contributed by atoms with E-state index in [1.807, 2.05) is 24.3 Å². The van der Waals surface area contributed by atoms with Gasteiger partial charge in [0.15, 0.2) is 0 Å². The Morgan fingerprint density at radius 1 is 0.929 bits per heavy atom. The Bertz CT molecular complexity index is 774. The Hall–Kier alpha value is -2.82. The normalized spacial score (nSPS) is 11.0. The molecule has 2 aromatic carbocycles. The van der Waals surface area contributed by atoms with E-state index in [1.54, 1.807) is 45.0 Å². The van der Waals surface area contributed by atoms with Crippen LogP contribution in [0, 0.1) is 0 Å². The van der Waals surface area contributed by atoms with E-state index in [2.05, 4.69) is 12.2 Å². The molecule has 0 radical (unpaired) electrons. The number of amides is 1. The Balaban J connectivity index is 1.89. The molecule has 0 aliphatic rings. The van der Waals surface area contributed by atoms with E-state index in [4.69, 9.17) is 9.47 Å². The van der Waals surface area contributed by atoms with Crippen molar-refractivity contribution in [3.8, 4) is 5.75 Å². The van der Waals surface area contributed by atoms with E-state index >= 15 is 0 Å². The summed E-state index contributed by atoms with van der Waals surface area (Å²) in [6.45, 7) is 7.48. The number of unbranched alkanes of at least 4 members (excludes halogenated alkanes) is 2. The highest BCUT2D eigenvalue weighted by atomic mass is 16.7. The van der Waals surface area contributed by atoms with Crippen molar-refractivity contribution in [3.05, 3.63) is 59.7 Å². The lowest BCUT2D eigenvalue weighted by atomic mass is 10.1. The molecular weight excluding hydrogens is 354 g/mol. The van der Waals surface area contributed by atoms with Gasteiger partial charge >= 0.3 is 6.16 Å². The average Bonchev–Trinajstić information content (AvgIpc) is 2.62. The van der Waals surface area contributed by atoms with Crippen molar-refractivity contribution >= 4 is 17.7 Å². The Morgan fingerprint density at radius 2 is 1.57 bits per heavy atom. The van der Waals surface area contributed by atoms with Gasteiger partial charge in [0.25, 0.3) is 5.91 Å². The molecule has 28 heavy (non-hydrogen) atoms. The number of aryl methyl sites for hydroxylation is 1. The quantitative estimate of drug-likeness (QED) is 0.362. The second kappa shape index (κ2) is 9.93. The Kier molecular flexibility index (Phi) is 7.61. The summed E-state index contributed by atoms with van der Waals surface area (Å²) in [5.74, 6) is 0.102. The van der Waals surface area contributed by atoms with Crippen molar-refractivity contribution < 1.29 is 19.1 Å². The number of carbonyl (C=O) groups excluding carboxylic acids is 2. The lowest BCUT2D eigenvalue weighted by molar-refractivity contribution is 0.0206. The zero-order chi connectivity index (χ0) is 20.6. The fraction of sp³-hybridized carbons (Fsp3) is 0.391. The molecule has 0 fully saturated rings. The third-order valence-electron chi connectivity index (χ3n) is 3.99. The predicted octanol–water partition coefficient (Wildman–Crippen LogP) is 5.99. The van der Waals surface area contributed by atoms with Crippen LogP contribution < -0.4 is 10.1 Å². The molecule has 2 rings (SSSR count). The molecule has 0 unspecified atom stereocenters. The number of anilines is 1. The fourth-order valence-corrected chi connectivity index (χ4v) is 2.58. The van der Waals surface area contributed by atoms with Crippen LogP contribution in [-0.2, 0) is 11.2 Å². The second-order valence-corrected chi connectivity index (χ2v) is 7.70. The van der Waals surface area contributed by atoms with Crippen LogP contribution in [0.1, 0.15) is 62.9 Å². The standard InChI is InChI=1S/C23H29NO4/c1-5-6-7-8-17-9-13-19(14-10-17)24-21(25)18-11-15-20(16-12-18)27-22(26)28-23(2,3)4/h9-16H,5-8H2,1-4H3,(H,24,25). The van der Waals surface area contributed by atoms with E-state index in [-0.39, 0.29) is 5.91 Å². The molecule has 1 N–H and O–H groups in total. The van der Waals surface area contributed by atoms with Crippen LogP contribution in [0.2, 0.25) is 0 Å². The maximum atomic E-state index is 12.4. The molecule has 0 spiro atoms. The average molecular weight is 383 g/mol. The van der Waals surface area contributed by atoms with Gasteiger partial charge in [0, 0.05) is 11.3 Å². The van der Waals surface area contributed by atoms with Crippen molar-refractivity contribution in [1.82, 2.24) is 0 Å². The van der Waals surface area contributed by atoms with Gasteiger partial charge in [0.1, 0.15) is 11.4 Å². The minimum atomic E-state index is -0.774. The SMILES string of the molecule is CCCCCc1ccc(NC(=O)c2ccc(OC(=O)OC(C)(C)C)cc2)cc1. The number of carbonyl (C=O) groups is 2. The van der Waals surface area contributed by atoms with Gasteiger partial charge in [0.05, 0.1) is 0 Å². The lowest BCUT2D eigenvalue weighted by Gasteiger charge is -2.18. The molecule has 5 nitrogen and oxygen atoms in total. The van der Waals surface area contributed by atoms with Crippen molar-refractivity contribution in [2.45, 2.75) is 59.0 Å². The molecule has 5 heteroatoms. The molecule has 1 amide bonds. The number of rotatable bonds is 7. The monoisotopic (exact) mass is 383 g/mol. The number of nitrogens with one attached hydrogen (secondary N) is 1. The van der Waals surface area contributed by atoms with Crippen LogP contribution in [-0.4, -0.2) is 17.7 Å². The number of benzene rings is 2. The first-order chi connectivity index (χ1) is 13.3. The third kappa shape index (κ3) is 7.43. The Morgan fingerprint density at radius 3 is 2.14 bits per heavy atom. The minimum Gasteiger partial charge on any atom is -0.428 e. The highest BCUT2D eigenvalue weighted by molar-refractivity contribution is 6.04.